The summed E-state index contributed by atoms with van der Waals surface area (Å²) in [6, 6.07) is 0. The monoisotopic (exact) mass is 445 g/mol. The van der Waals surface area contributed by atoms with Crippen LogP contribution in [0.25, 0.3) is 0 Å². The summed E-state index contributed by atoms with van der Waals surface area (Å²) in [6.45, 7) is 9.44. The van der Waals surface area contributed by atoms with Crippen molar-refractivity contribution in [1.82, 2.24) is 0 Å². The van der Waals surface area contributed by atoms with Gasteiger partial charge in [-0.1, -0.05) is 0 Å². The molecule has 0 aromatic heterocycles. The number of nitrogens with two attached hydrogens (primary N) is 1. The summed E-state index contributed by atoms with van der Waals surface area (Å²) >= 11 is -0.0388. The Hall–Kier alpha value is 0.0231. The van der Waals surface area contributed by atoms with Crippen LogP contribution in [0.2, 0.25) is 8.26 Å². The van der Waals surface area contributed by atoms with Crippen LogP contribution in [0.4, 0.5) is 0 Å². The van der Waals surface area contributed by atoms with Gasteiger partial charge in [0.15, 0.2) is 0 Å². The molecule has 0 aromatic carbocycles. The second-order valence-corrected chi connectivity index (χ2v) is 10.6. The maximum atomic E-state index is 10.2. The number of unbranched alkanes of at least 4 members (excludes halogenated alkanes) is 2. The van der Waals surface area contributed by atoms with Gasteiger partial charge in [-0.3, -0.25) is 9.59 Å². The summed E-state index contributed by atoms with van der Waals surface area (Å²) in [5, 5.41) is 0. The molecule has 26 heavy (non-hydrogen) atoms. The smallest absolute Gasteiger partial charge is 0.204 e. The molecule has 0 radical (unpaired) electrons. The standard InChI is InChI=1S/2C8H17.C5H8O.CH3NO.Zr/c2*1-4-6-7-8(3)5-2;6-5-3-1-2-4-5;2-1-3;/h2*8H,3-7H2,1-2H3;1-4H2;1H,(H2,2,3);. The van der Waals surface area contributed by atoms with Gasteiger partial charge in [0.25, 0.3) is 0 Å². The van der Waals surface area contributed by atoms with Crippen molar-refractivity contribution in [1.29, 1.82) is 0 Å². The SMILES string of the molecule is CCCCC(CC)[CH2][Zr][CH2]C(CC)CCCC.NC=O.O=C1CCCC1. The zero-order valence-electron chi connectivity index (χ0n) is 18.0. The summed E-state index contributed by atoms with van der Waals surface area (Å²) in [4.78, 5) is 18.8. The van der Waals surface area contributed by atoms with Gasteiger partial charge in [0.2, 0.25) is 6.41 Å². The van der Waals surface area contributed by atoms with Crippen LogP contribution >= 0.6 is 0 Å². The minimum absolute atomic E-state index is 0.0388. The van der Waals surface area contributed by atoms with Crippen molar-refractivity contribution in [2.75, 3.05) is 0 Å². The Kier molecular flexibility index (Phi) is 25.0. The van der Waals surface area contributed by atoms with E-state index >= 15 is 0 Å². The summed E-state index contributed by atoms with van der Waals surface area (Å²) in [5.41, 5.74) is 4.17. The summed E-state index contributed by atoms with van der Waals surface area (Å²) < 4.78 is 3.31. The minimum Gasteiger partial charge on any atom is -0.372 e. The van der Waals surface area contributed by atoms with Gasteiger partial charge >= 0.3 is 122 Å². The number of hydrogen-bond donors (Lipinski definition) is 1. The van der Waals surface area contributed by atoms with Crippen LogP contribution in [-0.4, -0.2) is 12.2 Å². The van der Waals surface area contributed by atoms with Crippen molar-refractivity contribution in [3.63, 3.8) is 0 Å². The fraction of sp³-hybridized carbons (Fsp3) is 0.909. The molecule has 4 heteroatoms. The number of carbonyl (C=O) groups is 2. The number of primary amides is 1. The fourth-order valence-electron chi connectivity index (χ4n) is 3.15. The Morgan fingerprint density at radius 1 is 0.923 bits per heavy atom. The number of rotatable bonds is 12. The molecule has 1 aliphatic carbocycles. The van der Waals surface area contributed by atoms with E-state index in [1.165, 1.54) is 51.4 Å². The third kappa shape index (κ3) is 20.3. The van der Waals surface area contributed by atoms with E-state index in [0.717, 1.165) is 37.5 Å². The van der Waals surface area contributed by atoms with Crippen LogP contribution in [0.5, 0.6) is 0 Å². The van der Waals surface area contributed by atoms with E-state index in [0.29, 0.717) is 5.78 Å². The van der Waals surface area contributed by atoms with E-state index in [-0.39, 0.29) is 29.6 Å². The molecule has 2 N–H and O–H groups in total. The van der Waals surface area contributed by atoms with E-state index in [2.05, 4.69) is 33.4 Å². The molecule has 1 rings (SSSR count). The molecule has 154 valence electrons. The number of amides is 1. The molecule has 0 aromatic rings. The molecule has 0 heterocycles. The minimum atomic E-state index is -0.0388. The molecule has 1 amide bonds. The maximum absolute atomic E-state index is 10.2. The van der Waals surface area contributed by atoms with Crippen molar-refractivity contribution in [2.45, 2.75) is 113 Å². The summed E-state index contributed by atoms with van der Waals surface area (Å²) in [7, 11) is 0. The third-order valence-corrected chi connectivity index (χ3v) is 9.37. The zero-order chi connectivity index (χ0) is 20.0. The number of ketones is 1. The predicted molar refractivity (Wildman–Crippen MR) is 110 cm³/mol. The van der Waals surface area contributed by atoms with E-state index in [1.807, 2.05) is 0 Å². The van der Waals surface area contributed by atoms with Crippen molar-refractivity contribution in [2.24, 2.45) is 17.6 Å². The van der Waals surface area contributed by atoms with Crippen LogP contribution in [0.3, 0.4) is 0 Å². The molecular formula is C22H45NO2Zr. The molecular weight excluding hydrogens is 401 g/mol. The molecule has 2 atom stereocenters. The van der Waals surface area contributed by atoms with Crippen LogP contribution < -0.4 is 5.73 Å². The van der Waals surface area contributed by atoms with Crippen LogP contribution in [0, 0.1) is 11.8 Å². The maximum Gasteiger partial charge on any atom is 0.204 e. The molecule has 1 aliphatic rings. The topological polar surface area (TPSA) is 60.2 Å². The first-order valence-corrected chi connectivity index (χ1v) is 14.4. The number of hydrogen-bond acceptors (Lipinski definition) is 2. The predicted octanol–water partition coefficient (Wildman–Crippen LogP) is 6.57. The summed E-state index contributed by atoms with van der Waals surface area (Å²) in [6.07, 6.45) is 15.8. The Balaban J connectivity index is 0. The van der Waals surface area contributed by atoms with Crippen molar-refractivity contribution < 1.29 is 32.8 Å². The van der Waals surface area contributed by atoms with Gasteiger partial charge in [-0.15, -0.1) is 0 Å². The second kappa shape index (κ2) is 23.1. The first kappa shape index (κ1) is 28.2. The van der Waals surface area contributed by atoms with E-state index in [9.17, 15) is 4.79 Å². The normalized spacial score (nSPS) is 15.2. The molecule has 1 fully saturated rings. The van der Waals surface area contributed by atoms with E-state index < -0.39 is 0 Å². The number of carbonyl (C=O) groups excluding carboxylic acids is 2. The third-order valence-electron chi connectivity index (χ3n) is 5.11. The van der Waals surface area contributed by atoms with Gasteiger partial charge in [-0.25, -0.2) is 0 Å². The van der Waals surface area contributed by atoms with Crippen LogP contribution in [-0.2, 0) is 32.8 Å². The molecule has 0 saturated heterocycles. The quantitative estimate of drug-likeness (QED) is 0.345. The average molecular weight is 447 g/mol. The fourth-order valence-corrected chi connectivity index (χ4v) is 7.99. The first-order valence-electron chi connectivity index (χ1n) is 11.0. The van der Waals surface area contributed by atoms with Gasteiger partial charge in [0.1, 0.15) is 5.78 Å². The number of Topliss-reactive ketones (excluding diaryl/α,β-unsaturated/α-hetero) is 1. The first-order chi connectivity index (χ1) is 12.6. The van der Waals surface area contributed by atoms with Gasteiger partial charge in [-0.05, 0) is 12.8 Å². The van der Waals surface area contributed by atoms with Gasteiger partial charge in [-0.2, -0.15) is 0 Å². The van der Waals surface area contributed by atoms with Gasteiger partial charge < -0.3 is 5.73 Å². The largest absolute Gasteiger partial charge is 0.372 e. The van der Waals surface area contributed by atoms with E-state index in [4.69, 9.17) is 4.79 Å². The van der Waals surface area contributed by atoms with Gasteiger partial charge in [0, 0.05) is 12.8 Å². The molecule has 0 bridgehead atoms. The van der Waals surface area contributed by atoms with Crippen LogP contribution in [0.15, 0.2) is 0 Å². The average Bonchev–Trinajstić information content (AvgIpc) is 3.12. The Morgan fingerprint density at radius 3 is 1.54 bits per heavy atom. The molecule has 0 aliphatic heterocycles. The van der Waals surface area contributed by atoms with E-state index in [1.54, 1.807) is 8.26 Å². The van der Waals surface area contributed by atoms with Gasteiger partial charge in [0.05, 0.1) is 0 Å². The molecule has 0 spiro atoms. The van der Waals surface area contributed by atoms with Crippen molar-refractivity contribution in [3.05, 3.63) is 0 Å². The van der Waals surface area contributed by atoms with Crippen molar-refractivity contribution in [3.8, 4) is 0 Å². The molecule has 1 saturated carbocycles. The van der Waals surface area contributed by atoms with Crippen molar-refractivity contribution >= 4 is 12.2 Å². The zero-order valence-corrected chi connectivity index (χ0v) is 20.5. The molecule has 2 unspecified atom stereocenters. The Labute approximate surface area is 175 Å². The van der Waals surface area contributed by atoms with Crippen LogP contribution in [0.1, 0.15) is 105 Å². The molecule has 3 nitrogen and oxygen atoms in total. The summed E-state index contributed by atoms with van der Waals surface area (Å²) in [5.74, 6) is 2.63. The Morgan fingerprint density at radius 2 is 1.31 bits per heavy atom. The Bertz CT molecular complexity index is 287. The second-order valence-electron chi connectivity index (χ2n) is 7.37.